The van der Waals surface area contributed by atoms with E-state index < -0.39 is 6.10 Å². The van der Waals surface area contributed by atoms with Crippen molar-refractivity contribution in [3.63, 3.8) is 0 Å². The molecule has 1 aromatic carbocycles. The van der Waals surface area contributed by atoms with Crippen LogP contribution in [0.15, 0.2) is 18.2 Å². The zero-order valence-electron chi connectivity index (χ0n) is 12.5. The molecular formula is C16H23NO4. The summed E-state index contributed by atoms with van der Waals surface area (Å²) in [5, 5.41) is 10.1. The van der Waals surface area contributed by atoms with Crippen molar-refractivity contribution in [2.75, 3.05) is 33.0 Å². The summed E-state index contributed by atoms with van der Waals surface area (Å²) < 4.78 is 16.2. The number of hydrogen-bond donors (Lipinski definition) is 1. The van der Waals surface area contributed by atoms with E-state index in [1.54, 1.807) is 6.07 Å². The van der Waals surface area contributed by atoms with E-state index in [0.717, 1.165) is 24.8 Å². The minimum atomic E-state index is -0.472. The molecule has 0 radical (unpaired) electrons. The third-order valence-corrected chi connectivity index (χ3v) is 4.00. The SMILES string of the molecule is C[C@@H]1CCCN(C[C@H](O)COc2ccc3c(c2)OCO3)C1. The van der Waals surface area contributed by atoms with E-state index in [1.165, 1.54) is 12.8 Å². The molecule has 0 amide bonds. The fourth-order valence-corrected chi connectivity index (χ4v) is 2.96. The number of rotatable bonds is 5. The standard InChI is InChI=1S/C16H23NO4/c1-12-3-2-6-17(8-12)9-13(18)10-19-14-4-5-15-16(7-14)21-11-20-15/h4-5,7,12-13,18H,2-3,6,8-11H2,1H3/t12-,13+/m1/s1. The predicted molar refractivity (Wildman–Crippen MR) is 78.9 cm³/mol. The minimum absolute atomic E-state index is 0.258. The Morgan fingerprint density at radius 1 is 1.38 bits per heavy atom. The lowest BCUT2D eigenvalue weighted by Gasteiger charge is -2.32. The highest BCUT2D eigenvalue weighted by Crippen LogP contribution is 2.35. The Labute approximate surface area is 125 Å². The summed E-state index contributed by atoms with van der Waals surface area (Å²) in [4.78, 5) is 2.32. The molecular weight excluding hydrogens is 270 g/mol. The van der Waals surface area contributed by atoms with Gasteiger partial charge in [-0.15, -0.1) is 0 Å². The molecule has 2 atom stereocenters. The van der Waals surface area contributed by atoms with Gasteiger partial charge in [0, 0.05) is 19.2 Å². The number of fused-ring (bicyclic) bond motifs is 1. The van der Waals surface area contributed by atoms with Gasteiger partial charge in [-0.25, -0.2) is 0 Å². The van der Waals surface area contributed by atoms with Gasteiger partial charge < -0.3 is 24.2 Å². The lowest BCUT2D eigenvalue weighted by molar-refractivity contribution is 0.0536. The van der Waals surface area contributed by atoms with Crippen LogP contribution in [0.3, 0.4) is 0 Å². The molecule has 0 saturated carbocycles. The van der Waals surface area contributed by atoms with Crippen LogP contribution in [0.2, 0.25) is 0 Å². The maximum atomic E-state index is 10.1. The van der Waals surface area contributed by atoms with Gasteiger partial charge in [0.15, 0.2) is 11.5 Å². The highest BCUT2D eigenvalue weighted by molar-refractivity contribution is 5.46. The molecule has 2 aliphatic rings. The molecule has 0 spiro atoms. The van der Waals surface area contributed by atoms with Crippen molar-refractivity contribution < 1.29 is 19.3 Å². The van der Waals surface area contributed by atoms with Gasteiger partial charge >= 0.3 is 0 Å². The maximum absolute atomic E-state index is 10.1. The van der Waals surface area contributed by atoms with Gasteiger partial charge in [0.2, 0.25) is 6.79 Å². The number of hydrogen-bond acceptors (Lipinski definition) is 5. The lowest BCUT2D eigenvalue weighted by atomic mass is 10.0. The fraction of sp³-hybridized carbons (Fsp3) is 0.625. The normalized spacial score (nSPS) is 23.0. The molecule has 1 saturated heterocycles. The average molecular weight is 293 g/mol. The second kappa shape index (κ2) is 6.54. The Balaban J connectivity index is 1.46. The number of β-amino-alcohol motifs (C(OH)–C–C–N with tert-alkyl or cyclic N) is 1. The van der Waals surface area contributed by atoms with Crippen molar-refractivity contribution in [3.05, 3.63) is 18.2 Å². The Kier molecular flexibility index (Phi) is 4.51. The van der Waals surface area contributed by atoms with Crippen molar-refractivity contribution in [1.82, 2.24) is 4.90 Å². The molecule has 116 valence electrons. The first kappa shape index (κ1) is 14.5. The third-order valence-electron chi connectivity index (χ3n) is 4.00. The number of aliphatic hydroxyl groups is 1. The monoisotopic (exact) mass is 293 g/mol. The second-order valence-corrected chi connectivity index (χ2v) is 5.99. The summed E-state index contributed by atoms with van der Waals surface area (Å²) in [6.07, 6.45) is 2.04. The molecule has 1 N–H and O–H groups in total. The Hall–Kier alpha value is -1.46. The highest BCUT2D eigenvalue weighted by atomic mass is 16.7. The fourth-order valence-electron chi connectivity index (χ4n) is 2.96. The molecule has 1 fully saturated rings. The van der Waals surface area contributed by atoms with E-state index >= 15 is 0 Å². The lowest BCUT2D eigenvalue weighted by Crippen LogP contribution is -2.41. The maximum Gasteiger partial charge on any atom is 0.231 e. The van der Waals surface area contributed by atoms with Crippen LogP contribution in [-0.4, -0.2) is 49.1 Å². The Morgan fingerprint density at radius 3 is 3.10 bits per heavy atom. The molecule has 5 heteroatoms. The van der Waals surface area contributed by atoms with Crippen molar-refractivity contribution in [2.45, 2.75) is 25.9 Å². The van der Waals surface area contributed by atoms with Crippen LogP contribution in [0.5, 0.6) is 17.2 Å². The van der Waals surface area contributed by atoms with Gasteiger partial charge in [-0.3, -0.25) is 0 Å². The van der Waals surface area contributed by atoms with Crippen LogP contribution in [0.4, 0.5) is 0 Å². The van der Waals surface area contributed by atoms with Crippen LogP contribution in [0, 0.1) is 5.92 Å². The van der Waals surface area contributed by atoms with Gasteiger partial charge in [0.1, 0.15) is 18.5 Å². The number of aliphatic hydroxyl groups excluding tert-OH is 1. The number of benzene rings is 1. The van der Waals surface area contributed by atoms with E-state index in [1.807, 2.05) is 12.1 Å². The first-order valence-corrected chi connectivity index (χ1v) is 7.63. The molecule has 3 rings (SSSR count). The summed E-state index contributed by atoms with van der Waals surface area (Å²) in [5.41, 5.74) is 0. The zero-order chi connectivity index (χ0) is 14.7. The summed E-state index contributed by atoms with van der Waals surface area (Å²) in [7, 11) is 0. The molecule has 21 heavy (non-hydrogen) atoms. The molecule has 0 aromatic heterocycles. The van der Waals surface area contributed by atoms with Gasteiger partial charge in [-0.05, 0) is 37.4 Å². The average Bonchev–Trinajstić information content (AvgIpc) is 2.92. The van der Waals surface area contributed by atoms with Gasteiger partial charge in [0.05, 0.1) is 0 Å². The van der Waals surface area contributed by atoms with Crippen molar-refractivity contribution >= 4 is 0 Å². The molecule has 1 aromatic rings. The molecule has 0 unspecified atom stereocenters. The van der Waals surface area contributed by atoms with Crippen molar-refractivity contribution in [3.8, 4) is 17.2 Å². The first-order chi connectivity index (χ1) is 10.2. The number of piperidine rings is 1. The van der Waals surface area contributed by atoms with Crippen LogP contribution in [-0.2, 0) is 0 Å². The number of ether oxygens (including phenoxy) is 3. The van der Waals surface area contributed by atoms with Crippen LogP contribution < -0.4 is 14.2 Å². The van der Waals surface area contributed by atoms with Crippen LogP contribution in [0.25, 0.3) is 0 Å². The molecule has 0 aliphatic carbocycles. The van der Waals surface area contributed by atoms with E-state index in [-0.39, 0.29) is 6.79 Å². The Bertz CT molecular complexity index is 479. The topological polar surface area (TPSA) is 51.2 Å². The van der Waals surface area contributed by atoms with Crippen LogP contribution >= 0.6 is 0 Å². The highest BCUT2D eigenvalue weighted by Gasteiger charge is 2.19. The smallest absolute Gasteiger partial charge is 0.231 e. The summed E-state index contributed by atoms with van der Waals surface area (Å²) in [6.45, 7) is 5.64. The molecule has 5 nitrogen and oxygen atoms in total. The van der Waals surface area contributed by atoms with Crippen molar-refractivity contribution in [2.24, 2.45) is 5.92 Å². The van der Waals surface area contributed by atoms with E-state index in [2.05, 4.69) is 11.8 Å². The van der Waals surface area contributed by atoms with E-state index in [0.29, 0.717) is 24.7 Å². The number of likely N-dealkylation sites (tertiary alicyclic amines) is 1. The zero-order valence-corrected chi connectivity index (χ0v) is 12.5. The second-order valence-electron chi connectivity index (χ2n) is 5.99. The van der Waals surface area contributed by atoms with Gasteiger partial charge in [-0.2, -0.15) is 0 Å². The number of nitrogens with zero attached hydrogens (tertiary/aromatic N) is 1. The van der Waals surface area contributed by atoms with Crippen LogP contribution in [0.1, 0.15) is 19.8 Å². The summed E-state index contributed by atoms with van der Waals surface area (Å²) in [6, 6.07) is 5.47. The van der Waals surface area contributed by atoms with E-state index in [4.69, 9.17) is 14.2 Å². The van der Waals surface area contributed by atoms with E-state index in [9.17, 15) is 5.11 Å². The largest absolute Gasteiger partial charge is 0.491 e. The molecule has 2 aliphatic heterocycles. The quantitative estimate of drug-likeness (QED) is 0.898. The van der Waals surface area contributed by atoms with Crippen molar-refractivity contribution in [1.29, 1.82) is 0 Å². The predicted octanol–water partition coefficient (Wildman–Crippen LogP) is 1.89. The summed E-state index contributed by atoms with van der Waals surface area (Å²) in [5.74, 6) is 2.86. The first-order valence-electron chi connectivity index (χ1n) is 7.63. The minimum Gasteiger partial charge on any atom is -0.491 e. The molecule has 0 bridgehead atoms. The van der Waals surface area contributed by atoms with Gasteiger partial charge in [-0.1, -0.05) is 6.92 Å². The Morgan fingerprint density at radius 2 is 2.24 bits per heavy atom. The summed E-state index contributed by atoms with van der Waals surface area (Å²) >= 11 is 0. The third kappa shape index (κ3) is 3.80. The molecule has 2 heterocycles. The van der Waals surface area contributed by atoms with Gasteiger partial charge in [0.25, 0.3) is 0 Å².